The molecule has 0 unspecified atom stereocenters. The number of thiophene rings is 1. The molecule has 7 nitrogen and oxygen atoms in total. The fraction of sp³-hybridized carbons (Fsp3) is 0.370. The first-order valence-electron chi connectivity index (χ1n) is 11.7. The van der Waals surface area contributed by atoms with Gasteiger partial charge in [-0.2, -0.15) is 0 Å². The van der Waals surface area contributed by atoms with Crippen molar-refractivity contribution in [3.05, 3.63) is 74.8 Å². The number of methoxy groups -OCH3 is 1. The summed E-state index contributed by atoms with van der Waals surface area (Å²) in [5.74, 6) is -2.95. The summed E-state index contributed by atoms with van der Waals surface area (Å²) in [6.07, 6.45) is 0.389. The molecule has 0 amide bonds. The minimum Gasteiger partial charge on any atom is -0.496 e. The summed E-state index contributed by atoms with van der Waals surface area (Å²) < 4.78 is 16.3. The van der Waals surface area contributed by atoms with Gasteiger partial charge in [-0.1, -0.05) is 24.3 Å². The summed E-state index contributed by atoms with van der Waals surface area (Å²) in [6, 6.07) is 11.2. The molecule has 184 valence electrons. The number of allylic oxidation sites excluding steroid dienone is 3. The molecule has 0 fully saturated rings. The molecule has 0 radical (unpaired) electrons. The van der Waals surface area contributed by atoms with Crippen LogP contribution in [0.4, 0.5) is 0 Å². The van der Waals surface area contributed by atoms with Gasteiger partial charge in [0.05, 0.1) is 31.8 Å². The summed E-state index contributed by atoms with van der Waals surface area (Å²) in [4.78, 5) is 41.3. The number of hydrogen-bond acceptors (Lipinski definition) is 8. The van der Waals surface area contributed by atoms with E-state index in [1.807, 2.05) is 48.7 Å². The molecule has 0 saturated carbocycles. The topological polar surface area (TPSA) is 90.9 Å². The van der Waals surface area contributed by atoms with Crippen LogP contribution in [0.25, 0.3) is 0 Å². The summed E-state index contributed by atoms with van der Waals surface area (Å²) in [5, 5.41) is 5.21. The van der Waals surface area contributed by atoms with E-state index in [2.05, 4.69) is 5.32 Å². The fourth-order valence-corrected chi connectivity index (χ4v) is 5.86. The number of benzene rings is 1. The molecule has 4 rings (SSSR count). The Bertz CT molecular complexity index is 1200. The highest BCUT2D eigenvalue weighted by molar-refractivity contribution is 7.10. The monoisotopic (exact) mass is 495 g/mol. The van der Waals surface area contributed by atoms with E-state index in [-0.39, 0.29) is 19.0 Å². The van der Waals surface area contributed by atoms with Gasteiger partial charge in [-0.05, 0) is 50.3 Å². The molecule has 1 aliphatic carbocycles. The molecule has 8 heteroatoms. The number of ether oxygens (including phenoxy) is 3. The average Bonchev–Trinajstić information content (AvgIpc) is 3.38. The zero-order valence-electron chi connectivity index (χ0n) is 20.3. The highest BCUT2D eigenvalue weighted by Crippen LogP contribution is 2.50. The van der Waals surface area contributed by atoms with Gasteiger partial charge < -0.3 is 19.5 Å². The zero-order valence-corrected chi connectivity index (χ0v) is 21.1. The van der Waals surface area contributed by atoms with E-state index in [1.54, 1.807) is 21.0 Å². The van der Waals surface area contributed by atoms with Crippen LogP contribution in [0.2, 0.25) is 0 Å². The molecule has 35 heavy (non-hydrogen) atoms. The van der Waals surface area contributed by atoms with Crippen LogP contribution < -0.4 is 10.1 Å². The highest BCUT2D eigenvalue weighted by Gasteiger charge is 2.49. The molecule has 2 heterocycles. The van der Waals surface area contributed by atoms with Crippen LogP contribution in [0, 0.1) is 5.92 Å². The van der Waals surface area contributed by atoms with Gasteiger partial charge >= 0.3 is 11.9 Å². The van der Waals surface area contributed by atoms with Gasteiger partial charge in [-0.3, -0.25) is 9.59 Å². The summed E-state index contributed by atoms with van der Waals surface area (Å²) >= 11 is 1.46. The number of nitrogens with one attached hydrogen (secondary N) is 1. The number of carbonyl (C=O) groups is 3. The number of ketones is 1. The van der Waals surface area contributed by atoms with Gasteiger partial charge in [0.25, 0.3) is 0 Å². The number of para-hydroxylation sites is 1. The first kappa shape index (κ1) is 24.7. The van der Waals surface area contributed by atoms with E-state index in [0.29, 0.717) is 34.7 Å². The SMILES string of the molecule is CCOC(=O)C1=C(C)NC2=C(C(=O)[C@H](C(=O)OCC)[C@H](c3ccccc3OC)C2)[C@H]1c1cccs1. The Morgan fingerprint density at radius 2 is 1.83 bits per heavy atom. The van der Waals surface area contributed by atoms with Crippen molar-refractivity contribution in [2.45, 2.75) is 39.0 Å². The lowest BCUT2D eigenvalue weighted by molar-refractivity contribution is -0.152. The molecule has 0 saturated heterocycles. The number of Topliss-reactive ketones (excluding diaryl/α,β-unsaturated/α-hetero) is 1. The van der Waals surface area contributed by atoms with Crippen molar-refractivity contribution in [3.8, 4) is 5.75 Å². The lowest BCUT2D eigenvalue weighted by Gasteiger charge is -2.39. The number of carbonyl (C=O) groups excluding carboxylic acids is 3. The third kappa shape index (κ3) is 4.50. The van der Waals surface area contributed by atoms with Gasteiger partial charge in [-0.15, -0.1) is 11.3 Å². The molecule has 1 N–H and O–H groups in total. The lowest BCUT2D eigenvalue weighted by atomic mass is 9.68. The second-order valence-electron chi connectivity index (χ2n) is 8.37. The summed E-state index contributed by atoms with van der Waals surface area (Å²) in [6.45, 7) is 5.66. The van der Waals surface area contributed by atoms with Crippen LogP contribution in [-0.2, 0) is 23.9 Å². The molecular weight excluding hydrogens is 466 g/mol. The van der Waals surface area contributed by atoms with E-state index in [4.69, 9.17) is 14.2 Å². The Kier molecular flexibility index (Phi) is 7.40. The van der Waals surface area contributed by atoms with Crippen molar-refractivity contribution in [3.63, 3.8) is 0 Å². The lowest BCUT2D eigenvalue weighted by Crippen LogP contribution is -2.43. The Hall–Kier alpha value is -3.39. The Morgan fingerprint density at radius 3 is 2.49 bits per heavy atom. The van der Waals surface area contributed by atoms with E-state index in [9.17, 15) is 14.4 Å². The maximum Gasteiger partial charge on any atom is 0.336 e. The highest BCUT2D eigenvalue weighted by atomic mass is 32.1. The Labute approximate surface area is 208 Å². The van der Waals surface area contributed by atoms with Crippen molar-refractivity contribution >= 4 is 29.1 Å². The van der Waals surface area contributed by atoms with E-state index >= 15 is 0 Å². The maximum atomic E-state index is 14.2. The van der Waals surface area contributed by atoms with Crippen molar-refractivity contribution in [2.75, 3.05) is 20.3 Å². The largest absolute Gasteiger partial charge is 0.496 e. The normalized spacial score (nSPS) is 21.8. The van der Waals surface area contributed by atoms with Gasteiger partial charge in [0.2, 0.25) is 0 Å². The van der Waals surface area contributed by atoms with E-state index in [1.165, 1.54) is 11.3 Å². The molecule has 1 aromatic heterocycles. The number of hydrogen-bond donors (Lipinski definition) is 1. The second kappa shape index (κ2) is 10.5. The Morgan fingerprint density at radius 1 is 1.09 bits per heavy atom. The fourth-order valence-electron chi connectivity index (χ4n) is 5.02. The maximum absolute atomic E-state index is 14.2. The molecular formula is C27H29NO6S. The van der Waals surface area contributed by atoms with E-state index < -0.39 is 29.7 Å². The smallest absolute Gasteiger partial charge is 0.336 e. The van der Waals surface area contributed by atoms with Crippen LogP contribution in [-0.4, -0.2) is 38.0 Å². The number of dihydropyridines is 1. The van der Waals surface area contributed by atoms with Gasteiger partial charge in [-0.25, -0.2) is 4.79 Å². The third-order valence-corrected chi connectivity index (χ3v) is 7.36. The second-order valence-corrected chi connectivity index (χ2v) is 9.35. The minimum atomic E-state index is -1.06. The quantitative estimate of drug-likeness (QED) is 0.448. The first-order chi connectivity index (χ1) is 16.9. The summed E-state index contributed by atoms with van der Waals surface area (Å²) in [5.41, 5.74) is 2.92. The van der Waals surface area contributed by atoms with Crippen molar-refractivity contribution in [1.29, 1.82) is 0 Å². The molecule has 0 bridgehead atoms. The molecule has 2 aliphatic rings. The van der Waals surface area contributed by atoms with Crippen LogP contribution in [0.15, 0.2) is 64.3 Å². The molecule has 2 aromatic rings. The zero-order chi connectivity index (χ0) is 25.1. The van der Waals surface area contributed by atoms with E-state index in [0.717, 1.165) is 10.4 Å². The number of esters is 2. The first-order valence-corrected chi connectivity index (χ1v) is 12.6. The Balaban J connectivity index is 1.89. The summed E-state index contributed by atoms with van der Waals surface area (Å²) in [7, 11) is 1.57. The van der Waals surface area contributed by atoms with Crippen molar-refractivity contribution in [1.82, 2.24) is 5.32 Å². The standard InChI is InChI=1S/C27H29NO6S/c1-5-33-26(30)21-15(3)28-18-14-17(16-10-7-8-11-19(16)32-4)22(27(31)34-6-2)25(29)23(18)24(21)20-12-9-13-35-20/h7-13,17,22,24,28H,5-6,14H2,1-4H3/t17-,22+,24-/m0/s1. The minimum absolute atomic E-state index is 0.160. The van der Waals surface area contributed by atoms with Crippen LogP contribution in [0.5, 0.6) is 5.75 Å². The average molecular weight is 496 g/mol. The van der Waals surface area contributed by atoms with Gasteiger partial charge in [0.1, 0.15) is 11.7 Å². The van der Waals surface area contributed by atoms with Crippen LogP contribution in [0.3, 0.4) is 0 Å². The number of rotatable bonds is 7. The molecule has 1 aromatic carbocycles. The van der Waals surface area contributed by atoms with Gasteiger partial charge in [0.15, 0.2) is 5.78 Å². The van der Waals surface area contributed by atoms with Crippen LogP contribution in [0.1, 0.15) is 49.5 Å². The van der Waals surface area contributed by atoms with Crippen molar-refractivity contribution in [2.24, 2.45) is 5.92 Å². The molecule has 1 aliphatic heterocycles. The predicted octanol–water partition coefficient (Wildman–Crippen LogP) is 4.47. The predicted molar refractivity (Wildman–Crippen MR) is 132 cm³/mol. The third-order valence-electron chi connectivity index (χ3n) is 6.42. The van der Waals surface area contributed by atoms with Gasteiger partial charge in [0, 0.05) is 27.8 Å². The van der Waals surface area contributed by atoms with Crippen molar-refractivity contribution < 1.29 is 28.6 Å². The molecule has 0 spiro atoms. The molecule has 3 atom stereocenters. The van der Waals surface area contributed by atoms with Crippen LogP contribution >= 0.6 is 11.3 Å².